The third-order valence-electron chi connectivity index (χ3n) is 3.32. The van der Waals surface area contributed by atoms with Crippen LogP contribution in [0.4, 0.5) is 0 Å². The minimum absolute atomic E-state index is 0.117. The average molecular weight is 299 g/mol. The number of carbonyl (C=O) groups excluding carboxylic acids is 1. The van der Waals surface area contributed by atoms with Crippen molar-refractivity contribution in [2.75, 3.05) is 6.61 Å². The molecule has 5 heteroatoms. The Morgan fingerprint density at radius 2 is 1.64 bits per heavy atom. The minimum atomic E-state index is -1.13. The third kappa shape index (κ3) is 3.78. The van der Waals surface area contributed by atoms with Gasteiger partial charge in [0.05, 0.1) is 6.61 Å². The Kier molecular flexibility index (Phi) is 5.41. The fourth-order valence-electron chi connectivity index (χ4n) is 2.10. The van der Waals surface area contributed by atoms with Crippen LogP contribution in [0.15, 0.2) is 54.6 Å². The Balaban J connectivity index is 2.20. The molecule has 22 heavy (non-hydrogen) atoms. The maximum absolute atomic E-state index is 12.5. The number of hydrogen-bond acceptors (Lipinski definition) is 4. The Labute approximate surface area is 128 Å². The number of hydrogen-bond donors (Lipinski definition) is 3. The molecule has 0 aliphatic carbocycles. The molecule has 0 aromatic heterocycles. The lowest BCUT2D eigenvalue weighted by Gasteiger charge is -2.14. The van der Waals surface area contributed by atoms with Crippen LogP contribution in [0.3, 0.4) is 0 Å². The number of nitrogens with one attached hydrogen (secondary N) is 1. The van der Waals surface area contributed by atoms with Crippen molar-refractivity contribution in [3.8, 4) is 0 Å². The number of aliphatic hydroxyl groups is 1. The first kappa shape index (κ1) is 15.9. The van der Waals surface area contributed by atoms with E-state index < -0.39 is 18.6 Å². The van der Waals surface area contributed by atoms with Crippen molar-refractivity contribution in [2.24, 2.45) is 0 Å². The zero-order valence-electron chi connectivity index (χ0n) is 11.9. The van der Waals surface area contributed by atoms with E-state index in [1.54, 1.807) is 48.5 Å². The number of benzene rings is 2. The summed E-state index contributed by atoms with van der Waals surface area (Å²) in [6.45, 7) is -0.323. The lowest BCUT2D eigenvalue weighted by Crippen LogP contribution is -2.39. The molecule has 114 valence electrons. The molecule has 0 aliphatic heterocycles. The normalized spacial score (nSPS) is 11.9. The molecule has 2 rings (SSSR count). The molecule has 2 aromatic carbocycles. The molecule has 5 nitrogen and oxygen atoms in total. The number of aliphatic hydroxyl groups excluding tert-OH is 1. The van der Waals surface area contributed by atoms with E-state index in [4.69, 9.17) is 10.2 Å². The van der Waals surface area contributed by atoms with Crippen molar-refractivity contribution >= 4 is 11.8 Å². The number of aliphatic carboxylic acids is 1. The number of rotatable bonds is 7. The molecule has 0 saturated heterocycles. The lowest BCUT2D eigenvalue weighted by atomic mass is 9.98. The van der Waals surface area contributed by atoms with E-state index in [0.717, 1.165) is 0 Å². The van der Waals surface area contributed by atoms with Crippen LogP contribution in [0.1, 0.15) is 21.5 Å². The largest absolute Gasteiger partial charge is 0.480 e. The van der Waals surface area contributed by atoms with Crippen LogP contribution in [0, 0.1) is 0 Å². The van der Waals surface area contributed by atoms with E-state index in [-0.39, 0.29) is 12.3 Å². The van der Waals surface area contributed by atoms with Gasteiger partial charge in [0.1, 0.15) is 6.04 Å². The highest BCUT2D eigenvalue weighted by atomic mass is 16.4. The van der Waals surface area contributed by atoms with Crippen LogP contribution < -0.4 is 5.32 Å². The van der Waals surface area contributed by atoms with Crippen molar-refractivity contribution in [3.05, 3.63) is 71.3 Å². The molecule has 0 radical (unpaired) electrons. The van der Waals surface area contributed by atoms with Gasteiger partial charge in [-0.2, -0.15) is 0 Å². The number of carbonyl (C=O) groups is 2. The molecule has 0 amide bonds. The van der Waals surface area contributed by atoms with Gasteiger partial charge in [0.25, 0.3) is 0 Å². The summed E-state index contributed by atoms with van der Waals surface area (Å²) in [4.78, 5) is 23.4. The Morgan fingerprint density at radius 3 is 2.27 bits per heavy atom. The minimum Gasteiger partial charge on any atom is -0.480 e. The van der Waals surface area contributed by atoms with Gasteiger partial charge in [0.15, 0.2) is 5.78 Å². The van der Waals surface area contributed by atoms with Crippen LogP contribution in [0.2, 0.25) is 0 Å². The van der Waals surface area contributed by atoms with Gasteiger partial charge in [0, 0.05) is 17.7 Å². The molecular formula is C17H17NO4. The van der Waals surface area contributed by atoms with Crippen molar-refractivity contribution in [2.45, 2.75) is 12.6 Å². The summed E-state index contributed by atoms with van der Waals surface area (Å²) in [7, 11) is 0. The zero-order valence-corrected chi connectivity index (χ0v) is 11.9. The van der Waals surface area contributed by atoms with Gasteiger partial charge in [-0.1, -0.05) is 54.6 Å². The zero-order chi connectivity index (χ0) is 15.9. The highest BCUT2D eigenvalue weighted by molar-refractivity contribution is 6.09. The van der Waals surface area contributed by atoms with Crippen LogP contribution >= 0.6 is 0 Å². The highest BCUT2D eigenvalue weighted by Crippen LogP contribution is 2.14. The fraction of sp³-hybridized carbons (Fsp3) is 0.176. The quantitative estimate of drug-likeness (QED) is 0.674. The van der Waals surface area contributed by atoms with Crippen molar-refractivity contribution in [1.29, 1.82) is 0 Å². The SMILES string of the molecule is O=C(c1ccccc1)c1ccccc1CN[C@H](CO)C(=O)O. The molecule has 0 fully saturated rings. The summed E-state index contributed by atoms with van der Waals surface area (Å²) in [5.74, 6) is -1.25. The second kappa shape index (κ2) is 7.49. The van der Waals surface area contributed by atoms with Gasteiger partial charge < -0.3 is 10.2 Å². The Hall–Kier alpha value is -2.50. The van der Waals surface area contributed by atoms with Gasteiger partial charge in [-0.25, -0.2) is 0 Å². The van der Waals surface area contributed by atoms with Crippen molar-refractivity contribution in [1.82, 2.24) is 5.32 Å². The molecule has 0 saturated carbocycles. The molecule has 1 atom stereocenters. The predicted octanol–water partition coefficient (Wildman–Crippen LogP) is 1.45. The molecular weight excluding hydrogens is 282 g/mol. The summed E-state index contributed by atoms with van der Waals surface area (Å²) in [6.07, 6.45) is 0. The van der Waals surface area contributed by atoms with E-state index in [0.29, 0.717) is 16.7 Å². The van der Waals surface area contributed by atoms with Gasteiger partial charge in [0.2, 0.25) is 0 Å². The molecule has 0 aliphatic rings. The summed E-state index contributed by atoms with van der Waals surface area (Å²) < 4.78 is 0. The summed E-state index contributed by atoms with van der Waals surface area (Å²) in [6, 6.07) is 14.9. The first-order valence-corrected chi connectivity index (χ1v) is 6.88. The first-order chi connectivity index (χ1) is 10.6. The lowest BCUT2D eigenvalue weighted by molar-refractivity contribution is -0.140. The summed E-state index contributed by atoms with van der Waals surface area (Å²) in [5.41, 5.74) is 1.78. The monoisotopic (exact) mass is 299 g/mol. The maximum atomic E-state index is 12.5. The summed E-state index contributed by atoms with van der Waals surface area (Å²) in [5, 5.41) is 20.7. The van der Waals surface area contributed by atoms with Crippen LogP contribution in [0.25, 0.3) is 0 Å². The molecule has 0 bridgehead atoms. The molecule has 0 spiro atoms. The van der Waals surface area contributed by atoms with E-state index in [1.807, 2.05) is 6.07 Å². The van der Waals surface area contributed by atoms with E-state index >= 15 is 0 Å². The fourth-order valence-corrected chi connectivity index (χ4v) is 2.10. The summed E-state index contributed by atoms with van der Waals surface area (Å²) >= 11 is 0. The highest BCUT2D eigenvalue weighted by Gasteiger charge is 2.17. The topological polar surface area (TPSA) is 86.6 Å². The average Bonchev–Trinajstić information content (AvgIpc) is 2.55. The Morgan fingerprint density at radius 1 is 1.00 bits per heavy atom. The van der Waals surface area contributed by atoms with Crippen LogP contribution in [-0.2, 0) is 11.3 Å². The molecule has 0 unspecified atom stereocenters. The first-order valence-electron chi connectivity index (χ1n) is 6.88. The van der Waals surface area contributed by atoms with E-state index in [9.17, 15) is 9.59 Å². The second-order valence-electron chi connectivity index (χ2n) is 4.81. The molecule has 2 aromatic rings. The predicted molar refractivity (Wildman–Crippen MR) is 81.7 cm³/mol. The smallest absolute Gasteiger partial charge is 0.323 e. The van der Waals surface area contributed by atoms with Gasteiger partial charge in [-0.05, 0) is 5.56 Å². The van der Waals surface area contributed by atoms with E-state index in [2.05, 4.69) is 5.32 Å². The molecule has 0 heterocycles. The van der Waals surface area contributed by atoms with Crippen LogP contribution in [0.5, 0.6) is 0 Å². The van der Waals surface area contributed by atoms with E-state index in [1.165, 1.54) is 0 Å². The number of carboxylic acids is 1. The van der Waals surface area contributed by atoms with Crippen molar-refractivity contribution in [3.63, 3.8) is 0 Å². The maximum Gasteiger partial charge on any atom is 0.323 e. The van der Waals surface area contributed by atoms with Crippen molar-refractivity contribution < 1.29 is 19.8 Å². The Bertz CT molecular complexity index is 655. The second-order valence-corrected chi connectivity index (χ2v) is 4.81. The number of carboxylic acid groups (broad SMARTS) is 1. The van der Waals surface area contributed by atoms with Gasteiger partial charge in [-0.15, -0.1) is 0 Å². The van der Waals surface area contributed by atoms with Crippen LogP contribution in [-0.4, -0.2) is 34.6 Å². The molecule has 3 N–H and O–H groups in total. The van der Waals surface area contributed by atoms with Gasteiger partial charge in [-0.3, -0.25) is 14.9 Å². The standard InChI is InChI=1S/C17H17NO4/c19-11-15(17(21)22)18-10-13-8-4-5-9-14(13)16(20)12-6-2-1-3-7-12/h1-9,15,18-19H,10-11H2,(H,21,22)/t15-/m1/s1. The van der Waals surface area contributed by atoms with Gasteiger partial charge >= 0.3 is 5.97 Å². The third-order valence-corrected chi connectivity index (χ3v) is 3.32. The number of ketones is 1.